The number of hydrogen-bond acceptors (Lipinski definition) is 4. The molecule has 0 bridgehead atoms. The van der Waals surface area contributed by atoms with Crippen LogP contribution in [0.1, 0.15) is 15.9 Å². The van der Waals surface area contributed by atoms with Crippen molar-refractivity contribution in [2.24, 2.45) is 0 Å². The fraction of sp³-hybridized carbons (Fsp3) is 0.143. The minimum atomic E-state index is -0.518. The summed E-state index contributed by atoms with van der Waals surface area (Å²) in [6.07, 6.45) is 1.59. The molecule has 0 N–H and O–H groups in total. The summed E-state index contributed by atoms with van der Waals surface area (Å²) >= 11 is 7.70. The fourth-order valence-corrected chi connectivity index (χ4v) is 2.52. The van der Waals surface area contributed by atoms with Crippen molar-refractivity contribution in [3.63, 3.8) is 0 Å². The van der Waals surface area contributed by atoms with Gasteiger partial charge in [-0.3, -0.25) is 14.9 Å². The Balaban J connectivity index is 2.21. The van der Waals surface area contributed by atoms with Gasteiger partial charge in [-0.2, -0.15) is 0 Å². The summed E-state index contributed by atoms with van der Waals surface area (Å²) in [4.78, 5) is 28.2. The summed E-state index contributed by atoms with van der Waals surface area (Å²) < 4.78 is 0.661. The Morgan fingerprint density at radius 3 is 2.73 bits per heavy atom. The second kappa shape index (κ2) is 7.01. The smallest absolute Gasteiger partial charge is 0.270 e. The molecule has 0 radical (unpaired) electrons. The van der Waals surface area contributed by atoms with Crippen LogP contribution in [-0.4, -0.2) is 27.8 Å². The molecular formula is C14H11ClIN3O3. The van der Waals surface area contributed by atoms with Crippen molar-refractivity contribution in [1.29, 1.82) is 0 Å². The van der Waals surface area contributed by atoms with E-state index in [0.717, 1.165) is 5.56 Å². The van der Waals surface area contributed by atoms with Crippen molar-refractivity contribution in [3.05, 3.63) is 66.5 Å². The Hall–Kier alpha value is -1.74. The highest BCUT2D eigenvalue weighted by molar-refractivity contribution is 14.1. The van der Waals surface area contributed by atoms with Gasteiger partial charge >= 0.3 is 0 Å². The van der Waals surface area contributed by atoms with E-state index in [-0.39, 0.29) is 11.6 Å². The maximum atomic E-state index is 12.5. The predicted octanol–water partition coefficient (Wildman–Crippen LogP) is 3.52. The van der Waals surface area contributed by atoms with Crippen LogP contribution >= 0.6 is 34.2 Å². The van der Waals surface area contributed by atoms with E-state index in [1.54, 1.807) is 31.4 Å². The molecule has 0 saturated heterocycles. The molecule has 0 saturated carbocycles. The van der Waals surface area contributed by atoms with Gasteiger partial charge in [-0.05, 0) is 40.3 Å². The molecular weight excluding hydrogens is 421 g/mol. The van der Waals surface area contributed by atoms with Crippen LogP contribution < -0.4 is 0 Å². The van der Waals surface area contributed by atoms with Crippen molar-refractivity contribution in [3.8, 4) is 0 Å². The first kappa shape index (κ1) is 16.6. The minimum absolute atomic E-state index is 0.106. The number of benzene rings is 1. The van der Waals surface area contributed by atoms with Gasteiger partial charge in [0.2, 0.25) is 0 Å². The van der Waals surface area contributed by atoms with E-state index in [1.807, 2.05) is 22.6 Å². The third-order valence-corrected chi connectivity index (χ3v) is 4.11. The zero-order valence-electron chi connectivity index (χ0n) is 11.5. The third kappa shape index (κ3) is 3.92. The van der Waals surface area contributed by atoms with E-state index >= 15 is 0 Å². The molecule has 2 aromatic rings. The van der Waals surface area contributed by atoms with Gasteiger partial charge in [-0.1, -0.05) is 17.7 Å². The summed E-state index contributed by atoms with van der Waals surface area (Å²) in [5.41, 5.74) is 1.02. The number of nitrogens with zero attached hydrogens (tertiary/aromatic N) is 3. The Kier molecular flexibility index (Phi) is 5.30. The van der Waals surface area contributed by atoms with E-state index in [9.17, 15) is 14.9 Å². The highest BCUT2D eigenvalue weighted by Gasteiger charge is 2.19. The van der Waals surface area contributed by atoms with Gasteiger partial charge < -0.3 is 4.90 Å². The number of hydrogen-bond donors (Lipinski definition) is 0. The Labute approximate surface area is 145 Å². The van der Waals surface area contributed by atoms with Crippen LogP contribution in [-0.2, 0) is 6.54 Å². The maximum absolute atomic E-state index is 12.5. The molecule has 0 aliphatic rings. The zero-order chi connectivity index (χ0) is 16.3. The van der Waals surface area contributed by atoms with Gasteiger partial charge in [0.1, 0.15) is 5.15 Å². The first-order valence-electron chi connectivity index (χ1n) is 6.18. The lowest BCUT2D eigenvalue weighted by Crippen LogP contribution is -2.27. The molecule has 0 atom stereocenters. The highest BCUT2D eigenvalue weighted by Crippen LogP contribution is 2.21. The Bertz CT molecular complexity index is 722. The number of carbonyl (C=O) groups excluding carboxylic acids is 1. The molecule has 1 aromatic carbocycles. The van der Waals surface area contributed by atoms with Gasteiger partial charge in [0.25, 0.3) is 11.6 Å². The summed E-state index contributed by atoms with van der Waals surface area (Å²) in [6, 6.07) is 7.65. The number of aromatic nitrogens is 1. The van der Waals surface area contributed by atoms with E-state index < -0.39 is 4.92 Å². The second-order valence-corrected chi connectivity index (χ2v) is 6.12. The largest absolute Gasteiger partial charge is 0.337 e. The van der Waals surface area contributed by atoms with E-state index in [0.29, 0.717) is 20.8 Å². The SMILES string of the molecule is CN(Cc1ccc(Cl)nc1)C(=O)c1cc([N+](=O)[O-])ccc1I. The second-order valence-electron chi connectivity index (χ2n) is 4.57. The standard InChI is InChI=1S/C14H11ClIN3O3/c1-18(8-9-2-5-13(15)17-7-9)14(20)11-6-10(19(21)22)3-4-12(11)16/h2-7H,8H2,1H3. The van der Waals surface area contributed by atoms with E-state index in [4.69, 9.17) is 11.6 Å². The maximum Gasteiger partial charge on any atom is 0.270 e. The van der Waals surface area contributed by atoms with Crippen LogP contribution in [0.4, 0.5) is 5.69 Å². The van der Waals surface area contributed by atoms with Gasteiger partial charge in [-0.25, -0.2) is 4.98 Å². The molecule has 1 heterocycles. The molecule has 0 fully saturated rings. The molecule has 1 amide bonds. The fourth-order valence-electron chi connectivity index (χ4n) is 1.84. The number of amides is 1. The number of nitro groups is 1. The lowest BCUT2D eigenvalue weighted by atomic mass is 10.1. The van der Waals surface area contributed by atoms with Gasteiger partial charge in [0, 0.05) is 35.5 Å². The van der Waals surface area contributed by atoms with Crippen molar-refractivity contribution >= 4 is 45.8 Å². The monoisotopic (exact) mass is 431 g/mol. The van der Waals surface area contributed by atoms with Crippen LogP contribution in [0.15, 0.2) is 36.5 Å². The topological polar surface area (TPSA) is 76.3 Å². The Morgan fingerprint density at radius 2 is 2.14 bits per heavy atom. The third-order valence-electron chi connectivity index (χ3n) is 2.95. The van der Waals surface area contributed by atoms with Gasteiger partial charge in [0.15, 0.2) is 0 Å². The number of carbonyl (C=O) groups is 1. The van der Waals surface area contributed by atoms with Crippen LogP contribution in [0.2, 0.25) is 5.15 Å². The van der Waals surface area contributed by atoms with Crippen molar-refractivity contribution in [2.75, 3.05) is 7.05 Å². The van der Waals surface area contributed by atoms with Crippen molar-refractivity contribution in [1.82, 2.24) is 9.88 Å². The quantitative estimate of drug-likeness (QED) is 0.321. The number of halogens is 2. The average Bonchev–Trinajstić information content (AvgIpc) is 2.49. The lowest BCUT2D eigenvalue weighted by Gasteiger charge is -2.18. The van der Waals surface area contributed by atoms with E-state index in [1.165, 1.54) is 17.0 Å². The summed E-state index contributed by atoms with van der Waals surface area (Å²) in [5.74, 6) is -0.289. The van der Waals surface area contributed by atoms with Crippen LogP contribution in [0.25, 0.3) is 0 Å². The summed E-state index contributed by atoms with van der Waals surface area (Å²) in [7, 11) is 1.63. The predicted molar refractivity (Wildman–Crippen MR) is 90.9 cm³/mol. The molecule has 2 rings (SSSR count). The normalized spacial score (nSPS) is 10.3. The first-order valence-corrected chi connectivity index (χ1v) is 7.64. The zero-order valence-corrected chi connectivity index (χ0v) is 14.4. The molecule has 114 valence electrons. The molecule has 0 aliphatic carbocycles. The van der Waals surface area contributed by atoms with Gasteiger partial charge in [0.05, 0.1) is 10.5 Å². The molecule has 6 nitrogen and oxygen atoms in total. The molecule has 0 unspecified atom stereocenters. The average molecular weight is 432 g/mol. The molecule has 0 spiro atoms. The first-order chi connectivity index (χ1) is 10.4. The van der Waals surface area contributed by atoms with Crippen LogP contribution in [0.5, 0.6) is 0 Å². The molecule has 0 aliphatic heterocycles. The van der Waals surface area contributed by atoms with Crippen LogP contribution in [0, 0.1) is 13.7 Å². The minimum Gasteiger partial charge on any atom is -0.337 e. The van der Waals surface area contributed by atoms with Gasteiger partial charge in [-0.15, -0.1) is 0 Å². The number of rotatable bonds is 4. The van der Waals surface area contributed by atoms with Crippen LogP contribution in [0.3, 0.4) is 0 Å². The number of nitro benzene ring substituents is 1. The Morgan fingerprint density at radius 1 is 1.41 bits per heavy atom. The van der Waals surface area contributed by atoms with Crippen molar-refractivity contribution < 1.29 is 9.72 Å². The molecule has 22 heavy (non-hydrogen) atoms. The number of non-ortho nitro benzene ring substituents is 1. The summed E-state index contributed by atoms with van der Waals surface area (Å²) in [6.45, 7) is 0.335. The molecule has 1 aromatic heterocycles. The van der Waals surface area contributed by atoms with Crippen molar-refractivity contribution in [2.45, 2.75) is 6.54 Å². The summed E-state index contributed by atoms with van der Waals surface area (Å²) in [5, 5.41) is 11.2. The number of pyridine rings is 1. The van der Waals surface area contributed by atoms with E-state index in [2.05, 4.69) is 4.98 Å². The highest BCUT2D eigenvalue weighted by atomic mass is 127. The molecule has 8 heteroatoms. The lowest BCUT2D eigenvalue weighted by molar-refractivity contribution is -0.384.